The second-order valence-electron chi connectivity index (χ2n) is 4.47. The Labute approximate surface area is 119 Å². The summed E-state index contributed by atoms with van der Waals surface area (Å²) in [6.45, 7) is 0. The minimum atomic E-state index is -0.505. The molecule has 0 fully saturated rings. The number of aromatic nitrogens is 2. The molecule has 2 aromatic carbocycles. The zero-order valence-corrected chi connectivity index (χ0v) is 10.9. The molecule has 1 N–H and O–H groups in total. The topological polar surface area (TPSA) is 54.9 Å². The molecule has 0 aliphatic rings. The minimum Gasteiger partial charge on any atom is -0.298 e. The largest absolute Gasteiger partial charge is 0.298 e. The zero-order valence-electron chi connectivity index (χ0n) is 10.9. The average Bonchev–Trinajstić information content (AvgIpc) is 2.85. The maximum atomic E-state index is 13.9. The smallest absolute Gasteiger partial charge is 0.282 e. The van der Waals surface area contributed by atoms with E-state index >= 15 is 0 Å². The van der Waals surface area contributed by atoms with Crippen molar-refractivity contribution < 1.29 is 9.18 Å². The van der Waals surface area contributed by atoms with Gasteiger partial charge in [0.25, 0.3) is 5.56 Å². The van der Waals surface area contributed by atoms with Gasteiger partial charge in [0.15, 0.2) is 6.29 Å². The van der Waals surface area contributed by atoms with Gasteiger partial charge in [0, 0.05) is 5.56 Å². The molecule has 0 unspecified atom stereocenters. The Balaban J connectivity index is 2.27. The van der Waals surface area contributed by atoms with E-state index in [0.29, 0.717) is 12.0 Å². The molecule has 0 radical (unpaired) electrons. The standard InChI is InChI=1S/C16H11FN2O2/c17-14-9-5-4-8-12(14)15-13(10-20)16(21)19(18-15)11-6-2-1-3-7-11/h1-10,18H. The van der Waals surface area contributed by atoms with Crippen LogP contribution in [-0.4, -0.2) is 16.1 Å². The summed E-state index contributed by atoms with van der Waals surface area (Å²) in [7, 11) is 0. The number of rotatable bonds is 3. The molecule has 104 valence electrons. The van der Waals surface area contributed by atoms with Gasteiger partial charge in [-0.3, -0.25) is 14.7 Å². The molecule has 0 amide bonds. The second-order valence-corrected chi connectivity index (χ2v) is 4.47. The molecule has 4 nitrogen and oxygen atoms in total. The Hall–Kier alpha value is -2.95. The lowest BCUT2D eigenvalue weighted by atomic mass is 10.1. The number of nitrogens with zero attached hydrogens (tertiary/aromatic N) is 1. The fourth-order valence-corrected chi connectivity index (χ4v) is 2.19. The van der Waals surface area contributed by atoms with Crippen LogP contribution in [-0.2, 0) is 0 Å². The Morgan fingerprint density at radius 2 is 1.67 bits per heavy atom. The van der Waals surface area contributed by atoms with Gasteiger partial charge < -0.3 is 0 Å². The number of hydrogen-bond acceptors (Lipinski definition) is 2. The van der Waals surface area contributed by atoms with Gasteiger partial charge in [0.05, 0.1) is 11.4 Å². The third-order valence-corrected chi connectivity index (χ3v) is 3.20. The summed E-state index contributed by atoms with van der Waals surface area (Å²) in [5, 5.41) is 2.81. The quantitative estimate of drug-likeness (QED) is 0.751. The molecule has 0 atom stereocenters. The van der Waals surface area contributed by atoms with Crippen LogP contribution in [0.4, 0.5) is 4.39 Å². The van der Waals surface area contributed by atoms with E-state index in [-0.39, 0.29) is 16.8 Å². The van der Waals surface area contributed by atoms with E-state index in [1.54, 1.807) is 36.4 Å². The molecule has 1 aromatic heterocycles. The molecular formula is C16H11FN2O2. The Morgan fingerprint density at radius 3 is 2.33 bits per heavy atom. The van der Waals surface area contributed by atoms with Crippen molar-refractivity contribution >= 4 is 6.29 Å². The number of para-hydroxylation sites is 1. The number of halogens is 1. The van der Waals surface area contributed by atoms with Gasteiger partial charge in [-0.15, -0.1) is 0 Å². The van der Waals surface area contributed by atoms with Crippen molar-refractivity contribution in [2.45, 2.75) is 0 Å². The number of carbonyl (C=O) groups excluding carboxylic acids is 1. The first-order chi connectivity index (χ1) is 10.2. The van der Waals surface area contributed by atoms with Crippen LogP contribution in [0.3, 0.4) is 0 Å². The van der Waals surface area contributed by atoms with Crippen molar-refractivity contribution in [3.05, 3.63) is 76.3 Å². The van der Waals surface area contributed by atoms with Gasteiger partial charge in [0.1, 0.15) is 11.4 Å². The maximum Gasteiger partial charge on any atom is 0.282 e. The van der Waals surface area contributed by atoms with E-state index in [2.05, 4.69) is 5.10 Å². The number of aldehydes is 1. The lowest BCUT2D eigenvalue weighted by Crippen LogP contribution is -2.16. The van der Waals surface area contributed by atoms with Gasteiger partial charge in [-0.05, 0) is 24.3 Å². The average molecular weight is 282 g/mol. The molecule has 1 heterocycles. The zero-order chi connectivity index (χ0) is 14.8. The van der Waals surface area contributed by atoms with Crippen molar-refractivity contribution in [2.75, 3.05) is 0 Å². The predicted octanol–water partition coefficient (Wildman–Crippen LogP) is 2.78. The lowest BCUT2D eigenvalue weighted by molar-refractivity contribution is 0.112. The van der Waals surface area contributed by atoms with E-state index in [9.17, 15) is 14.0 Å². The summed E-state index contributed by atoms with van der Waals surface area (Å²) >= 11 is 0. The van der Waals surface area contributed by atoms with E-state index < -0.39 is 11.4 Å². The van der Waals surface area contributed by atoms with Gasteiger partial charge in [-0.25, -0.2) is 9.07 Å². The van der Waals surface area contributed by atoms with Gasteiger partial charge in [-0.1, -0.05) is 30.3 Å². The highest BCUT2D eigenvalue weighted by Crippen LogP contribution is 2.22. The number of H-pyrrole nitrogens is 1. The Kier molecular flexibility index (Phi) is 3.23. The number of carbonyl (C=O) groups is 1. The van der Waals surface area contributed by atoms with E-state index in [4.69, 9.17) is 0 Å². The predicted molar refractivity (Wildman–Crippen MR) is 77.2 cm³/mol. The van der Waals surface area contributed by atoms with Crippen LogP contribution in [0.2, 0.25) is 0 Å². The van der Waals surface area contributed by atoms with Gasteiger partial charge in [-0.2, -0.15) is 0 Å². The highest BCUT2D eigenvalue weighted by atomic mass is 19.1. The lowest BCUT2D eigenvalue weighted by Gasteiger charge is -2.02. The monoisotopic (exact) mass is 282 g/mol. The molecule has 0 bridgehead atoms. The number of hydrogen-bond donors (Lipinski definition) is 1. The summed E-state index contributed by atoms with van der Waals surface area (Å²) in [6.07, 6.45) is 0.444. The van der Waals surface area contributed by atoms with Crippen LogP contribution in [0.1, 0.15) is 10.4 Å². The summed E-state index contributed by atoms with van der Waals surface area (Å²) in [5.74, 6) is -0.498. The summed E-state index contributed by atoms with van der Waals surface area (Å²) in [5.41, 5.74) is 0.343. The first kappa shape index (κ1) is 13.1. The van der Waals surface area contributed by atoms with Crippen LogP contribution in [0.25, 0.3) is 16.9 Å². The van der Waals surface area contributed by atoms with Crippen LogP contribution in [0.5, 0.6) is 0 Å². The van der Waals surface area contributed by atoms with Crippen LogP contribution in [0, 0.1) is 5.82 Å². The van der Waals surface area contributed by atoms with Crippen molar-refractivity contribution in [1.29, 1.82) is 0 Å². The minimum absolute atomic E-state index is 0.0936. The highest BCUT2D eigenvalue weighted by molar-refractivity contribution is 5.85. The molecule has 3 rings (SSSR count). The Morgan fingerprint density at radius 1 is 1.00 bits per heavy atom. The van der Waals surface area contributed by atoms with E-state index in [1.165, 1.54) is 16.8 Å². The van der Waals surface area contributed by atoms with Crippen molar-refractivity contribution in [3.8, 4) is 16.9 Å². The van der Waals surface area contributed by atoms with Crippen LogP contribution in [0.15, 0.2) is 59.4 Å². The number of benzene rings is 2. The van der Waals surface area contributed by atoms with Crippen LogP contribution < -0.4 is 5.56 Å². The molecule has 0 spiro atoms. The third-order valence-electron chi connectivity index (χ3n) is 3.20. The van der Waals surface area contributed by atoms with Crippen molar-refractivity contribution in [2.24, 2.45) is 0 Å². The Bertz CT molecular complexity index is 850. The fraction of sp³-hybridized carbons (Fsp3) is 0. The molecule has 0 saturated heterocycles. The summed E-state index contributed by atoms with van der Waals surface area (Å²) in [4.78, 5) is 23.5. The SMILES string of the molecule is O=Cc1c(-c2ccccc2F)[nH]n(-c2ccccc2)c1=O. The first-order valence-electron chi connectivity index (χ1n) is 6.33. The normalized spacial score (nSPS) is 10.5. The summed E-state index contributed by atoms with van der Waals surface area (Å²) < 4.78 is 15.1. The molecule has 0 saturated carbocycles. The van der Waals surface area contributed by atoms with E-state index in [1.807, 2.05) is 6.07 Å². The molecule has 21 heavy (non-hydrogen) atoms. The molecule has 5 heteroatoms. The van der Waals surface area contributed by atoms with Crippen LogP contribution >= 0.6 is 0 Å². The van der Waals surface area contributed by atoms with Crippen molar-refractivity contribution in [3.63, 3.8) is 0 Å². The first-order valence-corrected chi connectivity index (χ1v) is 6.33. The molecule has 0 aliphatic carbocycles. The maximum absolute atomic E-state index is 13.9. The van der Waals surface area contributed by atoms with Gasteiger partial charge in [0.2, 0.25) is 0 Å². The number of nitrogens with one attached hydrogen (secondary N) is 1. The second kappa shape index (κ2) is 5.20. The van der Waals surface area contributed by atoms with Crippen molar-refractivity contribution in [1.82, 2.24) is 9.78 Å². The highest BCUT2D eigenvalue weighted by Gasteiger charge is 2.18. The molecule has 0 aliphatic heterocycles. The summed E-state index contributed by atoms with van der Waals surface area (Å²) in [6, 6.07) is 14.8. The number of aromatic amines is 1. The third kappa shape index (κ3) is 2.18. The molecular weight excluding hydrogens is 271 g/mol. The molecule has 3 aromatic rings. The van der Waals surface area contributed by atoms with E-state index in [0.717, 1.165) is 0 Å². The van der Waals surface area contributed by atoms with Gasteiger partial charge >= 0.3 is 0 Å². The fourth-order valence-electron chi connectivity index (χ4n) is 2.19.